The minimum atomic E-state index is -0.0485. The molecule has 84 valence electrons. The van der Waals surface area contributed by atoms with Crippen LogP contribution in [0.5, 0.6) is 0 Å². The number of halogens is 1. The van der Waals surface area contributed by atoms with Gasteiger partial charge in [0.15, 0.2) is 0 Å². The Balaban J connectivity index is 2.53. The van der Waals surface area contributed by atoms with E-state index in [0.717, 1.165) is 16.5 Å². The van der Waals surface area contributed by atoms with Crippen LogP contribution < -0.4 is 5.32 Å². The minimum absolute atomic E-state index is 0.0485. The van der Waals surface area contributed by atoms with Crippen LogP contribution in [0.3, 0.4) is 0 Å². The van der Waals surface area contributed by atoms with Crippen molar-refractivity contribution in [1.82, 2.24) is 5.32 Å². The Morgan fingerprint density at radius 2 is 2.31 bits per heavy atom. The maximum Gasteiger partial charge on any atom is 0.251 e. The highest BCUT2D eigenvalue weighted by molar-refractivity contribution is 9.10. The van der Waals surface area contributed by atoms with Crippen LogP contribution in [0.15, 0.2) is 22.7 Å². The maximum atomic E-state index is 11.7. The first-order valence-corrected chi connectivity index (χ1v) is 5.92. The van der Waals surface area contributed by atoms with Gasteiger partial charge in [-0.3, -0.25) is 4.79 Å². The summed E-state index contributed by atoms with van der Waals surface area (Å²) in [6.45, 7) is 2.58. The molecule has 0 saturated heterocycles. The summed E-state index contributed by atoms with van der Waals surface area (Å²) in [5.41, 5.74) is 1.73. The van der Waals surface area contributed by atoms with Gasteiger partial charge in [-0.05, 0) is 37.1 Å². The summed E-state index contributed by atoms with van der Waals surface area (Å²) >= 11 is 3.40. The zero-order valence-corrected chi connectivity index (χ0v) is 10.8. The number of nitrogens with one attached hydrogen (secondary N) is 1. The van der Waals surface area contributed by atoms with Crippen molar-refractivity contribution in [2.75, 3.05) is 6.54 Å². The van der Waals surface area contributed by atoms with Gasteiger partial charge >= 0.3 is 0 Å². The predicted octanol–water partition coefficient (Wildman–Crippen LogP) is 2.90. The van der Waals surface area contributed by atoms with E-state index in [2.05, 4.69) is 27.2 Å². The van der Waals surface area contributed by atoms with E-state index in [1.165, 1.54) is 0 Å². The van der Waals surface area contributed by atoms with Crippen LogP contribution in [0, 0.1) is 19.3 Å². The smallest absolute Gasteiger partial charge is 0.251 e. The van der Waals surface area contributed by atoms with Gasteiger partial charge in [0.2, 0.25) is 0 Å². The number of hydrogen-bond acceptors (Lipinski definition) is 1. The highest BCUT2D eigenvalue weighted by Crippen LogP contribution is 2.16. The third kappa shape index (κ3) is 3.71. The zero-order valence-electron chi connectivity index (χ0n) is 9.22. The molecule has 0 saturated carbocycles. The summed E-state index contributed by atoms with van der Waals surface area (Å²) in [6.07, 6.45) is 6.64. The SMILES string of the molecule is C#CCCCNC(=O)c1ccc(Br)c(C)c1. The topological polar surface area (TPSA) is 29.1 Å². The Kier molecular flexibility index (Phi) is 5.07. The van der Waals surface area contributed by atoms with Crippen molar-refractivity contribution >= 4 is 21.8 Å². The Bertz CT molecular complexity index is 420. The maximum absolute atomic E-state index is 11.7. The molecule has 1 rings (SSSR count). The molecular weight excluding hydrogens is 266 g/mol. The Labute approximate surface area is 105 Å². The Hall–Kier alpha value is -1.27. The summed E-state index contributed by atoms with van der Waals surface area (Å²) in [5.74, 6) is 2.49. The van der Waals surface area contributed by atoms with Gasteiger partial charge in [0.05, 0.1) is 0 Å². The average molecular weight is 280 g/mol. The molecule has 3 heteroatoms. The first kappa shape index (κ1) is 12.8. The fourth-order valence-electron chi connectivity index (χ4n) is 1.28. The zero-order chi connectivity index (χ0) is 12.0. The lowest BCUT2D eigenvalue weighted by molar-refractivity contribution is 0.0953. The van der Waals surface area contributed by atoms with E-state index in [-0.39, 0.29) is 5.91 Å². The Morgan fingerprint density at radius 1 is 1.56 bits per heavy atom. The van der Waals surface area contributed by atoms with Crippen molar-refractivity contribution < 1.29 is 4.79 Å². The Morgan fingerprint density at radius 3 is 2.94 bits per heavy atom. The fraction of sp³-hybridized carbons (Fsp3) is 0.308. The molecule has 0 aromatic heterocycles. The van der Waals surface area contributed by atoms with Crippen molar-refractivity contribution in [2.45, 2.75) is 19.8 Å². The lowest BCUT2D eigenvalue weighted by Gasteiger charge is -2.05. The van der Waals surface area contributed by atoms with Gasteiger partial charge in [-0.15, -0.1) is 12.3 Å². The number of amides is 1. The number of rotatable bonds is 4. The molecule has 1 amide bonds. The van der Waals surface area contributed by atoms with Crippen LogP contribution in [0.25, 0.3) is 0 Å². The second kappa shape index (κ2) is 6.34. The molecular formula is C13H14BrNO. The van der Waals surface area contributed by atoms with Crippen LogP contribution in [0.2, 0.25) is 0 Å². The molecule has 0 aliphatic carbocycles. The summed E-state index contributed by atoms with van der Waals surface area (Å²) in [7, 11) is 0. The molecule has 0 radical (unpaired) electrons. The molecule has 0 unspecified atom stereocenters. The van der Waals surface area contributed by atoms with Gasteiger partial charge in [-0.2, -0.15) is 0 Å². The van der Waals surface area contributed by atoms with Gasteiger partial charge in [-0.1, -0.05) is 15.9 Å². The van der Waals surface area contributed by atoms with Crippen LogP contribution in [0.1, 0.15) is 28.8 Å². The van der Waals surface area contributed by atoms with Crippen LogP contribution in [-0.4, -0.2) is 12.5 Å². The number of carbonyl (C=O) groups is 1. The second-order valence-corrected chi connectivity index (χ2v) is 4.38. The minimum Gasteiger partial charge on any atom is -0.352 e. The van der Waals surface area contributed by atoms with Gasteiger partial charge in [-0.25, -0.2) is 0 Å². The second-order valence-electron chi connectivity index (χ2n) is 3.53. The molecule has 2 nitrogen and oxygen atoms in total. The largest absolute Gasteiger partial charge is 0.352 e. The average Bonchev–Trinajstić information content (AvgIpc) is 2.28. The van der Waals surface area contributed by atoms with Crippen molar-refractivity contribution in [3.05, 3.63) is 33.8 Å². The van der Waals surface area contributed by atoms with Crippen LogP contribution >= 0.6 is 15.9 Å². The summed E-state index contributed by atoms with van der Waals surface area (Å²) < 4.78 is 1.01. The van der Waals surface area contributed by atoms with E-state index in [0.29, 0.717) is 18.5 Å². The molecule has 1 aromatic carbocycles. The van der Waals surface area contributed by atoms with Crippen molar-refractivity contribution in [3.63, 3.8) is 0 Å². The van der Waals surface area contributed by atoms with Crippen molar-refractivity contribution in [2.24, 2.45) is 0 Å². The third-order valence-electron chi connectivity index (χ3n) is 2.20. The quantitative estimate of drug-likeness (QED) is 0.667. The number of unbranched alkanes of at least 4 members (excludes halogenated alkanes) is 1. The summed E-state index contributed by atoms with van der Waals surface area (Å²) in [6, 6.07) is 5.54. The molecule has 0 atom stereocenters. The highest BCUT2D eigenvalue weighted by Gasteiger charge is 2.05. The molecule has 0 bridgehead atoms. The summed E-state index contributed by atoms with van der Waals surface area (Å²) in [4.78, 5) is 11.7. The lowest BCUT2D eigenvalue weighted by atomic mass is 10.1. The van der Waals surface area contributed by atoms with Gasteiger partial charge in [0.25, 0.3) is 5.91 Å². The third-order valence-corrected chi connectivity index (χ3v) is 3.09. The molecule has 0 spiro atoms. The van der Waals surface area contributed by atoms with Gasteiger partial charge < -0.3 is 5.32 Å². The normalized spacial score (nSPS) is 9.56. The van der Waals surface area contributed by atoms with E-state index in [4.69, 9.17) is 6.42 Å². The lowest BCUT2D eigenvalue weighted by Crippen LogP contribution is -2.24. The number of terminal acetylenes is 1. The molecule has 0 fully saturated rings. The number of benzene rings is 1. The number of hydrogen-bond donors (Lipinski definition) is 1. The molecule has 1 N–H and O–H groups in total. The van der Waals surface area contributed by atoms with Crippen LogP contribution in [-0.2, 0) is 0 Å². The van der Waals surface area contributed by atoms with E-state index >= 15 is 0 Å². The van der Waals surface area contributed by atoms with Crippen LogP contribution in [0.4, 0.5) is 0 Å². The van der Waals surface area contributed by atoms with Gasteiger partial charge in [0, 0.05) is 23.0 Å². The molecule has 1 aromatic rings. The van der Waals surface area contributed by atoms with Crippen molar-refractivity contribution in [3.8, 4) is 12.3 Å². The van der Waals surface area contributed by atoms with E-state index < -0.39 is 0 Å². The number of carbonyl (C=O) groups excluding carboxylic acids is 1. The first-order chi connectivity index (χ1) is 7.65. The highest BCUT2D eigenvalue weighted by atomic mass is 79.9. The van der Waals surface area contributed by atoms with Crippen molar-refractivity contribution in [1.29, 1.82) is 0 Å². The van der Waals surface area contributed by atoms with E-state index in [9.17, 15) is 4.79 Å². The van der Waals surface area contributed by atoms with E-state index in [1.54, 1.807) is 6.07 Å². The molecule has 16 heavy (non-hydrogen) atoms. The molecule has 0 aliphatic heterocycles. The number of aryl methyl sites for hydroxylation is 1. The first-order valence-electron chi connectivity index (χ1n) is 5.13. The van der Waals surface area contributed by atoms with Gasteiger partial charge in [0.1, 0.15) is 0 Å². The predicted molar refractivity (Wildman–Crippen MR) is 69.3 cm³/mol. The standard InChI is InChI=1S/C13H14BrNO/c1-3-4-5-8-15-13(16)11-6-7-12(14)10(2)9-11/h1,6-7,9H,4-5,8H2,2H3,(H,15,16). The summed E-state index contributed by atoms with van der Waals surface area (Å²) in [5, 5.41) is 2.83. The molecule has 0 aliphatic rings. The fourth-order valence-corrected chi connectivity index (χ4v) is 1.53. The van der Waals surface area contributed by atoms with E-state index in [1.807, 2.05) is 19.1 Å². The molecule has 0 heterocycles. The monoisotopic (exact) mass is 279 g/mol.